The Morgan fingerprint density at radius 1 is 0.576 bits per heavy atom. The van der Waals surface area contributed by atoms with Crippen molar-refractivity contribution in [3.63, 3.8) is 0 Å². The van der Waals surface area contributed by atoms with Gasteiger partial charge in [-0.3, -0.25) is 18.7 Å². The maximum atomic E-state index is 11.4. The molecule has 0 bridgehead atoms. The highest BCUT2D eigenvalue weighted by Gasteiger charge is 2.18. The van der Waals surface area contributed by atoms with Crippen LogP contribution in [0.15, 0.2) is 48.5 Å². The van der Waals surface area contributed by atoms with Crippen LogP contribution in [0.2, 0.25) is 0 Å². The zero-order valence-electron chi connectivity index (χ0n) is 17.9. The maximum Gasteiger partial charge on any atom is 0.356 e. The van der Waals surface area contributed by atoms with E-state index in [1.54, 1.807) is 0 Å². The van der Waals surface area contributed by atoms with Gasteiger partial charge in [0.1, 0.15) is 0 Å². The molecule has 10 nitrogen and oxygen atoms in total. The second-order valence-electron chi connectivity index (χ2n) is 7.49. The zero-order valence-corrected chi connectivity index (χ0v) is 19.7. The molecule has 4 N–H and O–H groups in total. The fourth-order valence-corrected chi connectivity index (χ4v) is 4.33. The molecule has 0 aliphatic rings. The minimum Gasteiger partial charge on any atom is -0.321 e. The molecule has 0 saturated heterocycles. The van der Waals surface area contributed by atoms with Crippen LogP contribution < -0.4 is 20.4 Å². The summed E-state index contributed by atoms with van der Waals surface area (Å²) >= 11 is 0. The van der Waals surface area contributed by atoms with E-state index in [0.717, 1.165) is 32.1 Å². The third-order valence-corrected chi connectivity index (χ3v) is 7.03. The molecule has 0 aliphatic heterocycles. The first kappa shape index (κ1) is 26.9. The minimum atomic E-state index is -4.32. The molecule has 0 saturated carbocycles. The van der Waals surface area contributed by atoms with E-state index in [1.165, 1.54) is 58.3 Å². The highest BCUT2D eigenvalue weighted by molar-refractivity contribution is 7.60. The van der Waals surface area contributed by atoms with Gasteiger partial charge in [0.05, 0.1) is 10.6 Å². The molecule has 0 heterocycles. The maximum absolute atomic E-state index is 11.4. The number of hydrogen-bond acceptors (Lipinski definition) is 4. The molecule has 33 heavy (non-hydrogen) atoms. The third-order valence-electron chi connectivity index (χ3n) is 5.09. The molecule has 2 aromatic rings. The summed E-state index contributed by atoms with van der Waals surface area (Å²) in [6.07, 6.45) is 5.50. The van der Waals surface area contributed by atoms with Crippen LogP contribution in [0.5, 0.6) is 0 Å². The molecule has 0 spiro atoms. The predicted molar refractivity (Wildman–Crippen MR) is 126 cm³/mol. The van der Waals surface area contributed by atoms with E-state index in [9.17, 15) is 18.7 Å². The molecule has 0 unspecified atom stereocenters. The van der Waals surface area contributed by atoms with Gasteiger partial charge in [0.25, 0.3) is 0 Å². The molecule has 2 aromatic carbocycles. The van der Waals surface area contributed by atoms with Crippen molar-refractivity contribution in [3.8, 4) is 0 Å². The van der Waals surface area contributed by atoms with Crippen molar-refractivity contribution >= 4 is 50.0 Å². The van der Waals surface area contributed by atoms with Crippen molar-refractivity contribution < 1.29 is 38.3 Å². The molecule has 2 amide bonds. The molecule has 12 heteroatoms. The van der Waals surface area contributed by atoms with Gasteiger partial charge in [-0.05, 0) is 61.4 Å². The number of anilines is 2. The number of carbonyl (C=O) groups excluding carboxylic acids is 2. The lowest BCUT2D eigenvalue weighted by atomic mass is 10.1. The van der Waals surface area contributed by atoms with Crippen molar-refractivity contribution in [3.05, 3.63) is 48.5 Å². The first-order valence-corrected chi connectivity index (χ1v) is 13.5. The van der Waals surface area contributed by atoms with E-state index in [4.69, 9.17) is 19.6 Å². The van der Waals surface area contributed by atoms with Crippen LogP contribution in [0.1, 0.15) is 32.1 Å². The summed E-state index contributed by atoms with van der Waals surface area (Å²) in [7, 11) is -8.63. The van der Waals surface area contributed by atoms with Crippen molar-refractivity contribution in [2.24, 2.45) is 0 Å². The van der Waals surface area contributed by atoms with Gasteiger partial charge in [-0.15, -0.1) is 0 Å². The van der Waals surface area contributed by atoms with Gasteiger partial charge in [-0.25, -0.2) is 0 Å². The van der Waals surface area contributed by atoms with Crippen LogP contribution in [0.3, 0.4) is 0 Å². The zero-order chi connectivity index (χ0) is 24.5. The summed E-state index contributed by atoms with van der Waals surface area (Å²) in [5.41, 5.74) is 1.13. The number of unbranched alkanes of at least 4 members (excludes halogenated alkanes) is 4. The van der Waals surface area contributed by atoms with Crippen LogP contribution >= 0.6 is 15.2 Å². The Balaban J connectivity index is 1.72. The molecule has 0 radical (unpaired) electrons. The van der Waals surface area contributed by atoms with E-state index >= 15 is 0 Å². The van der Waals surface area contributed by atoms with Crippen molar-refractivity contribution in [2.75, 3.05) is 22.9 Å². The summed E-state index contributed by atoms with van der Waals surface area (Å²) < 4.78 is 22.5. The summed E-state index contributed by atoms with van der Waals surface area (Å²) in [6.45, 7) is 0.955. The number of hydrogen-bond donors (Lipinski definition) is 4. The lowest BCUT2D eigenvalue weighted by Gasteiger charge is -2.19. The van der Waals surface area contributed by atoms with Gasteiger partial charge in [0.2, 0.25) is 12.8 Å². The van der Waals surface area contributed by atoms with Crippen LogP contribution in [0.4, 0.5) is 11.4 Å². The highest BCUT2D eigenvalue weighted by atomic mass is 31.2. The second-order valence-corrected chi connectivity index (χ2v) is 10.7. The lowest BCUT2D eigenvalue weighted by molar-refractivity contribution is -0.108. The smallest absolute Gasteiger partial charge is 0.321 e. The van der Waals surface area contributed by atoms with Crippen LogP contribution in [-0.2, 0) is 18.7 Å². The summed E-state index contributed by atoms with van der Waals surface area (Å²) in [5.74, 6) is 0. The largest absolute Gasteiger partial charge is 0.356 e. The fraction of sp³-hybridized carbons (Fsp3) is 0.333. The Hall–Kier alpha value is -2.32. The van der Waals surface area contributed by atoms with E-state index in [-0.39, 0.29) is 10.6 Å². The van der Waals surface area contributed by atoms with Crippen LogP contribution in [-0.4, -0.2) is 45.5 Å². The van der Waals surface area contributed by atoms with Gasteiger partial charge >= 0.3 is 15.2 Å². The lowest BCUT2D eigenvalue weighted by Crippen LogP contribution is -2.23. The van der Waals surface area contributed by atoms with Crippen LogP contribution in [0.25, 0.3) is 0 Å². The Morgan fingerprint density at radius 2 is 0.879 bits per heavy atom. The monoisotopic (exact) mass is 498 g/mol. The Bertz CT molecular complexity index is 920. The van der Waals surface area contributed by atoms with E-state index in [1.807, 2.05) is 0 Å². The van der Waals surface area contributed by atoms with E-state index < -0.39 is 15.2 Å². The summed E-state index contributed by atoms with van der Waals surface area (Å²) in [4.78, 5) is 62.3. The van der Waals surface area contributed by atoms with Crippen molar-refractivity contribution in [1.29, 1.82) is 0 Å². The fourth-order valence-electron chi connectivity index (χ4n) is 3.26. The number of rotatable bonds is 14. The minimum absolute atomic E-state index is 0.0980. The number of benzene rings is 2. The molecule has 0 aromatic heterocycles. The van der Waals surface area contributed by atoms with Gasteiger partial charge < -0.3 is 29.4 Å². The molecule has 0 aliphatic carbocycles. The van der Waals surface area contributed by atoms with Gasteiger partial charge in [-0.2, -0.15) is 0 Å². The first-order chi connectivity index (χ1) is 15.6. The van der Waals surface area contributed by atoms with Crippen LogP contribution in [0, 0.1) is 0 Å². The quantitative estimate of drug-likeness (QED) is 0.175. The van der Waals surface area contributed by atoms with Gasteiger partial charge in [0, 0.05) is 24.5 Å². The average molecular weight is 498 g/mol. The Morgan fingerprint density at radius 3 is 1.15 bits per heavy atom. The Kier molecular flexibility index (Phi) is 9.98. The Labute approximate surface area is 192 Å². The summed E-state index contributed by atoms with van der Waals surface area (Å²) in [5, 5.41) is -0.196. The van der Waals surface area contributed by atoms with E-state index in [0.29, 0.717) is 37.3 Å². The van der Waals surface area contributed by atoms with Crippen molar-refractivity contribution in [2.45, 2.75) is 32.1 Å². The number of carbonyl (C=O) groups is 2. The van der Waals surface area contributed by atoms with Crippen molar-refractivity contribution in [1.82, 2.24) is 0 Å². The molecular weight excluding hydrogens is 470 g/mol. The van der Waals surface area contributed by atoms with E-state index in [2.05, 4.69) is 0 Å². The summed E-state index contributed by atoms with van der Waals surface area (Å²) in [6, 6.07) is 11.3. The molecule has 180 valence electrons. The molecule has 0 fully saturated rings. The predicted octanol–water partition coefficient (Wildman–Crippen LogP) is 1.87. The number of nitrogens with zero attached hydrogens (tertiary/aromatic N) is 2. The molecular formula is C21H28N2O8P2. The number of amides is 2. The normalized spacial score (nSPS) is 11.8. The molecule has 2 rings (SSSR count). The van der Waals surface area contributed by atoms with Gasteiger partial charge in [-0.1, -0.05) is 19.3 Å². The highest BCUT2D eigenvalue weighted by Crippen LogP contribution is 2.34. The standard InChI is InChI=1S/C21H28N2O8P2/c24-16-22(18-6-10-20(11-7-18)32(26,27)28)14-4-2-1-3-5-15-23(17-25)19-8-12-21(13-9-19)33(29,30)31/h6-13,16-17H,1-5,14-15H2,(H2,26,27,28)(H2,29,30,31). The third kappa shape index (κ3) is 8.51. The first-order valence-electron chi connectivity index (χ1n) is 10.3. The second kappa shape index (κ2) is 12.2. The van der Waals surface area contributed by atoms with Gasteiger partial charge in [0.15, 0.2) is 0 Å². The molecule has 0 atom stereocenters. The average Bonchev–Trinajstić information content (AvgIpc) is 2.77. The SMILES string of the molecule is O=CN(CCCCCCCN(C=O)c1ccc(P(=O)(O)O)cc1)c1ccc(P(=O)(O)O)cc1. The topological polar surface area (TPSA) is 156 Å².